The third-order valence-corrected chi connectivity index (χ3v) is 2.46. The molecule has 0 saturated carbocycles. The van der Waals surface area contributed by atoms with Crippen LogP contribution in [-0.4, -0.2) is 28.2 Å². The highest BCUT2D eigenvalue weighted by Gasteiger charge is 2.26. The van der Waals surface area contributed by atoms with E-state index in [9.17, 15) is 5.11 Å². The molecule has 0 spiro atoms. The maximum Gasteiger partial charge on any atom is 0.0579 e. The molecule has 11 heavy (non-hydrogen) atoms. The first kappa shape index (κ1) is 8.60. The monoisotopic (exact) mass is 155 g/mol. The van der Waals surface area contributed by atoms with Gasteiger partial charge in [0.1, 0.15) is 0 Å². The van der Waals surface area contributed by atoms with Crippen LogP contribution in [0.4, 0.5) is 0 Å². The molecule has 1 fully saturated rings. The largest absolute Gasteiger partial charge is 0.393 e. The number of aliphatic hydroxyl groups excluding tert-OH is 1. The van der Waals surface area contributed by atoms with E-state index in [4.69, 9.17) is 0 Å². The second-order valence-corrected chi connectivity index (χ2v) is 3.45. The summed E-state index contributed by atoms with van der Waals surface area (Å²) in [6.07, 6.45) is 3.50. The van der Waals surface area contributed by atoms with Crippen LogP contribution < -0.4 is 0 Å². The molecule has 2 nitrogen and oxygen atoms in total. The molecular weight excluding hydrogens is 138 g/mol. The van der Waals surface area contributed by atoms with Crippen LogP contribution in [0.25, 0.3) is 0 Å². The van der Waals surface area contributed by atoms with E-state index in [0.717, 1.165) is 12.8 Å². The topological polar surface area (TPSA) is 23.5 Å². The number of hydrogen-bond donors (Lipinski definition) is 1. The molecule has 2 unspecified atom stereocenters. The van der Waals surface area contributed by atoms with E-state index in [2.05, 4.69) is 25.3 Å². The predicted molar refractivity (Wildman–Crippen MR) is 46.2 cm³/mol. The molecule has 0 amide bonds. The first-order chi connectivity index (χ1) is 5.15. The quantitative estimate of drug-likeness (QED) is 0.618. The molecule has 0 bridgehead atoms. The fourth-order valence-corrected chi connectivity index (χ4v) is 1.92. The van der Waals surface area contributed by atoms with Crippen molar-refractivity contribution in [2.24, 2.45) is 0 Å². The first-order valence-corrected chi connectivity index (χ1v) is 4.23. The maximum atomic E-state index is 9.40. The second-order valence-electron chi connectivity index (χ2n) is 3.45. The van der Waals surface area contributed by atoms with Gasteiger partial charge in [0.05, 0.1) is 6.10 Å². The number of aliphatic hydroxyl groups is 1. The number of hydrogen-bond acceptors (Lipinski definition) is 2. The summed E-state index contributed by atoms with van der Waals surface area (Å²) in [4.78, 5) is 2.22. The van der Waals surface area contributed by atoms with Crippen molar-refractivity contribution >= 4 is 0 Å². The Hall–Kier alpha value is -0.500. The average Bonchev–Trinajstić information content (AvgIpc) is 1.85. The van der Waals surface area contributed by atoms with Gasteiger partial charge in [0.2, 0.25) is 0 Å². The van der Waals surface area contributed by atoms with Gasteiger partial charge in [-0.2, -0.15) is 0 Å². The lowest BCUT2D eigenvalue weighted by atomic mass is 9.96. The molecule has 0 aromatic rings. The Labute approximate surface area is 68.5 Å². The Kier molecular flexibility index (Phi) is 2.55. The summed E-state index contributed by atoms with van der Waals surface area (Å²) in [5, 5.41) is 9.40. The van der Waals surface area contributed by atoms with Crippen LogP contribution in [0, 0.1) is 0 Å². The fourth-order valence-electron chi connectivity index (χ4n) is 1.92. The van der Waals surface area contributed by atoms with Gasteiger partial charge in [-0.3, -0.25) is 0 Å². The van der Waals surface area contributed by atoms with E-state index in [1.807, 2.05) is 6.20 Å². The summed E-state index contributed by atoms with van der Waals surface area (Å²) in [5.74, 6) is 0. The highest BCUT2D eigenvalue weighted by atomic mass is 16.3. The van der Waals surface area contributed by atoms with Crippen molar-refractivity contribution in [3.63, 3.8) is 0 Å². The third-order valence-electron chi connectivity index (χ3n) is 2.46. The number of likely N-dealkylation sites (tertiary alicyclic amines) is 1. The van der Waals surface area contributed by atoms with Crippen molar-refractivity contribution in [2.45, 2.75) is 44.9 Å². The molecule has 1 aliphatic heterocycles. The zero-order chi connectivity index (χ0) is 8.43. The lowest BCUT2D eigenvalue weighted by Crippen LogP contribution is -2.44. The van der Waals surface area contributed by atoms with E-state index in [-0.39, 0.29) is 6.10 Å². The summed E-state index contributed by atoms with van der Waals surface area (Å²) >= 11 is 0. The second kappa shape index (κ2) is 3.26. The minimum Gasteiger partial charge on any atom is -0.393 e. The normalized spacial score (nSPS) is 38.8. The molecule has 1 aliphatic rings. The number of piperidine rings is 1. The molecule has 1 N–H and O–H groups in total. The third kappa shape index (κ3) is 1.74. The molecule has 0 radical (unpaired) electrons. The minimum atomic E-state index is -0.115. The highest BCUT2D eigenvalue weighted by Crippen LogP contribution is 2.22. The molecule has 1 rings (SSSR count). The zero-order valence-corrected chi connectivity index (χ0v) is 7.33. The molecule has 0 aromatic heterocycles. The van der Waals surface area contributed by atoms with Crippen LogP contribution in [0.2, 0.25) is 0 Å². The summed E-state index contributed by atoms with van der Waals surface area (Å²) < 4.78 is 0. The maximum absolute atomic E-state index is 9.40. The highest BCUT2D eigenvalue weighted by molar-refractivity contribution is 4.89. The number of nitrogens with zero attached hydrogens (tertiary/aromatic N) is 1. The molecule has 64 valence electrons. The van der Waals surface area contributed by atoms with Gasteiger partial charge in [0, 0.05) is 12.1 Å². The van der Waals surface area contributed by atoms with E-state index in [1.54, 1.807) is 0 Å². The molecule has 2 heteroatoms. The zero-order valence-electron chi connectivity index (χ0n) is 7.33. The molecule has 0 aromatic carbocycles. The Morgan fingerprint density at radius 2 is 1.82 bits per heavy atom. The van der Waals surface area contributed by atoms with Crippen molar-refractivity contribution in [2.75, 3.05) is 0 Å². The van der Waals surface area contributed by atoms with Gasteiger partial charge in [-0.05, 0) is 32.9 Å². The Morgan fingerprint density at radius 1 is 1.36 bits per heavy atom. The van der Waals surface area contributed by atoms with Crippen LogP contribution in [0.5, 0.6) is 0 Å². The Bertz CT molecular complexity index is 134. The van der Waals surface area contributed by atoms with Crippen molar-refractivity contribution in [1.29, 1.82) is 0 Å². The first-order valence-electron chi connectivity index (χ1n) is 4.23. The smallest absolute Gasteiger partial charge is 0.0579 e. The number of rotatable bonds is 1. The summed E-state index contributed by atoms with van der Waals surface area (Å²) in [5.41, 5.74) is 0. The summed E-state index contributed by atoms with van der Waals surface area (Å²) in [6.45, 7) is 8.01. The van der Waals surface area contributed by atoms with Gasteiger partial charge in [-0.25, -0.2) is 0 Å². The van der Waals surface area contributed by atoms with E-state index in [0.29, 0.717) is 12.1 Å². The van der Waals surface area contributed by atoms with Gasteiger partial charge in [0.25, 0.3) is 0 Å². The average molecular weight is 155 g/mol. The van der Waals surface area contributed by atoms with Gasteiger partial charge < -0.3 is 10.0 Å². The van der Waals surface area contributed by atoms with Crippen molar-refractivity contribution in [1.82, 2.24) is 4.90 Å². The van der Waals surface area contributed by atoms with Crippen molar-refractivity contribution in [3.8, 4) is 0 Å². The van der Waals surface area contributed by atoms with Crippen LogP contribution in [0.15, 0.2) is 12.8 Å². The van der Waals surface area contributed by atoms with Gasteiger partial charge in [0.15, 0.2) is 0 Å². The minimum absolute atomic E-state index is 0.115. The Morgan fingerprint density at radius 3 is 2.18 bits per heavy atom. The molecule has 1 heterocycles. The van der Waals surface area contributed by atoms with Gasteiger partial charge in [-0.15, -0.1) is 0 Å². The van der Waals surface area contributed by atoms with Crippen molar-refractivity contribution in [3.05, 3.63) is 12.8 Å². The lowest BCUT2D eigenvalue weighted by molar-refractivity contribution is 0.0410. The molecular formula is C9H17NO. The molecule has 2 atom stereocenters. The lowest BCUT2D eigenvalue weighted by Gasteiger charge is -2.40. The van der Waals surface area contributed by atoms with Crippen molar-refractivity contribution < 1.29 is 5.11 Å². The fraction of sp³-hybridized carbons (Fsp3) is 0.778. The van der Waals surface area contributed by atoms with Gasteiger partial charge >= 0.3 is 0 Å². The summed E-state index contributed by atoms with van der Waals surface area (Å²) in [7, 11) is 0. The summed E-state index contributed by atoms with van der Waals surface area (Å²) in [6, 6.07) is 0.873. The van der Waals surface area contributed by atoms with E-state index >= 15 is 0 Å². The van der Waals surface area contributed by atoms with Crippen LogP contribution in [-0.2, 0) is 0 Å². The molecule has 0 aliphatic carbocycles. The van der Waals surface area contributed by atoms with E-state index < -0.39 is 0 Å². The van der Waals surface area contributed by atoms with Gasteiger partial charge in [-0.1, -0.05) is 6.58 Å². The van der Waals surface area contributed by atoms with E-state index in [1.165, 1.54) is 0 Å². The van der Waals surface area contributed by atoms with Crippen LogP contribution in [0.1, 0.15) is 26.7 Å². The Balaban J connectivity index is 2.58. The standard InChI is InChI=1S/C9H17NO/c1-4-10-7(2)5-9(11)6-8(10)3/h4,7-9,11H,1,5-6H2,2-3H3. The van der Waals surface area contributed by atoms with Crippen LogP contribution >= 0.6 is 0 Å². The predicted octanol–water partition coefficient (Wildman–Crippen LogP) is 1.36. The SMILES string of the molecule is C=CN1C(C)CC(O)CC1C. The van der Waals surface area contributed by atoms with Crippen LogP contribution in [0.3, 0.4) is 0 Å². The molecule has 1 saturated heterocycles.